The summed E-state index contributed by atoms with van der Waals surface area (Å²) in [6, 6.07) is 6.57. The van der Waals surface area contributed by atoms with Gasteiger partial charge in [-0.1, -0.05) is 23.8 Å². The molecule has 7 nitrogen and oxygen atoms in total. The van der Waals surface area contributed by atoms with Crippen LogP contribution in [0.15, 0.2) is 23.2 Å². The standard InChI is InChI=1S/C23H35N5O2/c1-16-7-8-20(17(2)13-16)22-15-27(9-12-30-22)23(24-5)25-14-21-18(3)26-28(19(21)4)10-11-29-6/h7-8,13,22H,9-12,14-15H2,1-6H3,(H,24,25). The van der Waals surface area contributed by atoms with Gasteiger partial charge in [-0.05, 0) is 38.8 Å². The van der Waals surface area contributed by atoms with Crippen LogP contribution in [0.1, 0.15) is 39.7 Å². The van der Waals surface area contributed by atoms with Crippen molar-refractivity contribution in [1.82, 2.24) is 20.0 Å². The monoisotopic (exact) mass is 413 g/mol. The highest BCUT2D eigenvalue weighted by molar-refractivity contribution is 5.80. The lowest BCUT2D eigenvalue weighted by Gasteiger charge is -2.36. The molecule has 1 saturated heterocycles. The van der Waals surface area contributed by atoms with E-state index in [0.717, 1.165) is 31.3 Å². The Bertz CT molecular complexity index is 890. The maximum absolute atomic E-state index is 6.10. The van der Waals surface area contributed by atoms with Crippen molar-refractivity contribution in [3.05, 3.63) is 51.8 Å². The summed E-state index contributed by atoms with van der Waals surface area (Å²) in [7, 11) is 3.55. The lowest BCUT2D eigenvalue weighted by Crippen LogP contribution is -2.48. The summed E-state index contributed by atoms with van der Waals surface area (Å²) < 4.78 is 13.3. The van der Waals surface area contributed by atoms with Gasteiger partial charge in [0.05, 0.1) is 32.0 Å². The molecule has 1 fully saturated rings. The zero-order valence-electron chi connectivity index (χ0n) is 19.2. The third kappa shape index (κ3) is 5.02. The Balaban J connectivity index is 1.67. The van der Waals surface area contributed by atoms with Crippen molar-refractivity contribution in [1.29, 1.82) is 0 Å². The summed E-state index contributed by atoms with van der Waals surface area (Å²) in [5.41, 5.74) is 7.24. The number of aliphatic imine (C=N–C) groups is 1. The Morgan fingerprint density at radius 3 is 2.80 bits per heavy atom. The van der Waals surface area contributed by atoms with E-state index in [4.69, 9.17) is 9.47 Å². The number of rotatable bonds is 6. The van der Waals surface area contributed by atoms with Crippen LogP contribution >= 0.6 is 0 Å². The van der Waals surface area contributed by atoms with Crippen LogP contribution in [0.4, 0.5) is 0 Å². The van der Waals surface area contributed by atoms with Crippen LogP contribution < -0.4 is 5.32 Å². The molecule has 2 heterocycles. The van der Waals surface area contributed by atoms with Crippen LogP contribution in [-0.4, -0.2) is 61.1 Å². The van der Waals surface area contributed by atoms with E-state index in [9.17, 15) is 0 Å². The lowest BCUT2D eigenvalue weighted by molar-refractivity contribution is -0.00834. The van der Waals surface area contributed by atoms with Gasteiger partial charge in [0.25, 0.3) is 0 Å². The largest absolute Gasteiger partial charge is 0.383 e. The van der Waals surface area contributed by atoms with Crippen molar-refractivity contribution in [2.24, 2.45) is 4.99 Å². The fourth-order valence-corrected chi connectivity index (χ4v) is 4.10. The maximum Gasteiger partial charge on any atom is 0.194 e. The van der Waals surface area contributed by atoms with Crippen molar-refractivity contribution < 1.29 is 9.47 Å². The van der Waals surface area contributed by atoms with E-state index >= 15 is 0 Å². The summed E-state index contributed by atoms with van der Waals surface area (Å²) in [6.45, 7) is 12.9. The SMILES string of the molecule is CN=C(NCc1c(C)nn(CCOC)c1C)N1CCOC(c2ccc(C)cc2C)C1. The molecule has 0 aliphatic carbocycles. The molecule has 30 heavy (non-hydrogen) atoms. The fraction of sp³-hybridized carbons (Fsp3) is 0.565. The summed E-state index contributed by atoms with van der Waals surface area (Å²) in [5.74, 6) is 0.900. The van der Waals surface area contributed by atoms with E-state index in [-0.39, 0.29) is 6.10 Å². The molecule has 1 N–H and O–H groups in total. The molecule has 1 unspecified atom stereocenters. The van der Waals surface area contributed by atoms with Gasteiger partial charge in [0.1, 0.15) is 6.10 Å². The summed E-state index contributed by atoms with van der Waals surface area (Å²) in [6.07, 6.45) is 0.0539. The number of hydrogen-bond acceptors (Lipinski definition) is 4. The Morgan fingerprint density at radius 1 is 1.30 bits per heavy atom. The molecular formula is C23H35N5O2. The predicted octanol–water partition coefficient (Wildman–Crippen LogP) is 2.91. The summed E-state index contributed by atoms with van der Waals surface area (Å²) >= 11 is 0. The number of nitrogens with zero attached hydrogens (tertiary/aromatic N) is 4. The Kier molecular flexibility index (Phi) is 7.50. The van der Waals surface area contributed by atoms with E-state index < -0.39 is 0 Å². The first-order chi connectivity index (χ1) is 14.4. The Hall–Kier alpha value is -2.38. The highest BCUT2D eigenvalue weighted by atomic mass is 16.5. The number of methoxy groups -OCH3 is 1. The zero-order chi connectivity index (χ0) is 21.7. The number of aromatic nitrogens is 2. The van der Waals surface area contributed by atoms with Crippen LogP contribution in [0, 0.1) is 27.7 Å². The molecule has 1 aromatic carbocycles. The van der Waals surface area contributed by atoms with Crippen LogP contribution in [0.3, 0.4) is 0 Å². The van der Waals surface area contributed by atoms with Gasteiger partial charge in [-0.15, -0.1) is 0 Å². The highest BCUT2D eigenvalue weighted by Crippen LogP contribution is 2.26. The second kappa shape index (κ2) is 10.1. The van der Waals surface area contributed by atoms with Crippen molar-refractivity contribution in [3.8, 4) is 0 Å². The van der Waals surface area contributed by atoms with Crippen LogP contribution in [0.5, 0.6) is 0 Å². The minimum Gasteiger partial charge on any atom is -0.383 e. The smallest absolute Gasteiger partial charge is 0.194 e. The van der Waals surface area contributed by atoms with Gasteiger partial charge in [0, 0.05) is 38.5 Å². The van der Waals surface area contributed by atoms with Crippen molar-refractivity contribution in [3.63, 3.8) is 0 Å². The molecule has 1 atom stereocenters. The van der Waals surface area contributed by atoms with Gasteiger partial charge in [0.15, 0.2) is 5.96 Å². The van der Waals surface area contributed by atoms with E-state index in [1.807, 2.05) is 11.7 Å². The first-order valence-electron chi connectivity index (χ1n) is 10.6. The molecule has 0 amide bonds. The maximum atomic E-state index is 6.10. The number of ether oxygens (including phenoxy) is 2. The quantitative estimate of drug-likeness (QED) is 0.583. The molecule has 0 spiro atoms. The molecule has 0 radical (unpaired) electrons. The Labute approximate surface area is 180 Å². The third-order valence-corrected chi connectivity index (χ3v) is 5.81. The van der Waals surface area contributed by atoms with Gasteiger partial charge in [0.2, 0.25) is 0 Å². The molecule has 164 valence electrons. The molecule has 0 saturated carbocycles. The van der Waals surface area contributed by atoms with E-state index in [0.29, 0.717) is 19.8 Å². The summed E-state index contributed by atoms with van der Waals surface area (Å²) in [5, 5.41) is 8.19. The number of hydrogen-bond donors (Lipinski definition) is 1. The first kappa shape index (κ1) is 22.3. The molecule has 7 heteroatoms. The van der Waals surface area contributed by atoms with Gasteiger partial charge in [-0.25, -0.2) is 0 Å². The van der Waals surface area contributed by atoms with Crippen molar-refractivity contribution in [2.45, 2.75) is 46.9 Å². The highest BCUT2D eigenvalue weighted by Gasteiger charge is 2.25. The van der Waals surface area contributed by atoms with E-state index in [2.05, 4.69) is 66.2 Å². The number of benzene rings is 1. The van der Waals surface area contributed by atoms with Crippen LogP contribution in [0.25, 0.3) is 0 Å². The van der Waals surface area contributed by atoms with E-state index in [1.165, 1.54) is 27.9 Å². The zero-order valence-corrected chi connectivity index (χ0v) is 19.2. The fourth-order valence-electron chi connectivity index (χ4n) is 4.10. The second-order valence-electron chi connectivity index (χ2n) is 7.93. The molecule has 1 aliphatic rings. The minimum atomic E-state index is 0.0539. The molecule has 2 aromatic rings. The third-order valence-electron chi connectivity index (χ3n) is 5.81. The number of morpholine rings is 1. The molecule has 1 aromatic heterocycles. The second-order valence-corrected chi connectivity index (χ2v) is 7.93. The topological polar surface area (TPSA) is 63.9 Å². The van der Waals surface area contributed by atoms with E-state index in [1.54, 1.807) is 7.11 Å². The van der Waals surface area contributed by atoms with Crippen LogP contribution in [0.2, 0.25) is 0 Å². The van der Waals surface area contributed by atoms with Crippen molar-refractivity contribution >= 4 is 5.96 Å². The summed E-state index contributed by atoms with van der Waals surface area (Å²) in [4.78, 5) is 6.82. The lowest BCUT2D eigenvalue weighted by atomic mass is 10.00. The number of aryl methyl sites for hydroxylation is 3. The molecular weight excluding hydrogens is 378 g/mol. The van der Waals surface area contributed by atoms with Gasteiger partial charge in [-0.2, -0.15) is 5.10 Å². The van der Waals surface area contributed by atoms with Crippen molar-refractivity contribution in [2.75, 3.05) is 40.5 Å². The molecule has 3 rings (SSSR count). The van der Waals surface area contributed by atoms with Gasteiger partial charge in [-0.3, -0.25) is 9.67 Å². The average Bonchev–Trinajstić information content (AvgIpc) is 3.00. The van der Waals surface area contributed by atoms with Gasteiger partial charge < -0.3 is 19.7 Å². The normalized spacial score (nSPS) is 17.5. The predicted molar refractivity (Wildman–Crippen MR) is 120 cm³/mol. The molecule has 0 bridgehead atoms. The first-order valence-corrected chi connectivity index (χ1v) is 10.6. The average molecular weight is 414 g/mol. The molecule has 1 aliphatic heterocycles. The number of guanidine groups is 1. The Morgan fingerprint density at radius 2 is 2.10 bits per heavy atom. The van der Waals surface area contributed by atoms with Crippen LogP contribution in [-0.2, 0) is 22.6 Å². The minimum absolute atomic E-state index is 0.0539. The number of nitrogens with one attached hydrogen (secondary N) is 1. The van der Waals surface area contributed by atoms with Gasteiger partial charge >= 0.3 is 0 Å².